The van der Waals surface area contributed by atoms with Gasteiger partial charge in [-0.1, -0.05) is 12.1 Å². The first-order chi connectivity index (χ1) is 15.0. The SMILES string of the molecule is NC1CN(CC2CCN(Cc3ccc4c(c3)CN(C3CCC(=O)NC3=O)C4=O)CC2)C1. The summed E-state index contributed by atoms with van der Waals surface area (Å²) in [6, 6.07) is 5.88. The van der Waals surface area contributed by atoms with Crippen molar-refractivity contribution in [3.63, 3.8) is 0 Å². The van der Waals surface area contributed by atoms with Gasteiger partial charge in [-0.15, -0.1) is 0 Å². The predicted octanol–water partition coefficient (Wildman–Crippen LogP) is 0.303. The molecule has 3 amide bonds. The largest absolute Gasteiger partial charge is 0.325 e. The van der Waals surface area contributed by atoms with Gasteiger partial charge in [0, 0.05) is 50.7 Å². The van der Waals surface area contributed by atoms with Crippen LogP contribution in [0.4, 0.5) is 0 Å². The number of amides is 3. The average molecular weight is 426 g/mol. The minimum Gasteiger partial charge on any atom is -0.325 e. The summed E-state index contributed by atoms with van der Waals surface area (Å²) in [4.78, 5) is 43.0. The van der Waals surface area contributed by atoms with Crippen molar-refractivity contribution >= 4 is 17.7 Å². The first-order valence-electron chi connectivity index (χ1n) is 11.4. The van der Waals surface area contributed by atoms with Crippen molar-refractivity contribution in [2.75, 3.05) is 32.7 Å². The van der Waals surface area contributed by atoms with Crippen LogP contribution in [0.25, 0.3) is 0 Å². The van der Waals surface area contributed by atoms with E-state index >= 15 is 0 Å². The van der Waals surface area contributed by atoms with Crippen molar-refractivity contribution in [2.45, 2.75) is 50.9 Å². The summed E-state index contributed by atoms with van der Waals surface area (Å²) in [5.41, 5.74) is 8.76. The number of fused-ring (bicyclic) bond motifs is 1. The molecule has 1 unspecified atom stereocenters. The second-order valence-electron chi connectivity index (χ2n) is 9.59. The molecule has 0 spiro atoms. The lowest BCUT2D eigenvalue weighted by atomic mass is 9.94. The quantitative estimate of drug-likeness (QED) is 0.659. The number of piperidine rings is 2. The van der Waals surface area contributed by atoms with E-state index in [2.05, 4.69) is 21.2 Å². The summed E-state index contributed by atoms with van der Waals surface area (Å²) in [5.74, 6) is 0.0386. The third kappa shape index (κ3) is 4.24. The maximum atomic E-state index is 12.8. The van der Waals surface area contributed by atoms with Gasteiger partial charge in [0.05, 0.1) is 0 Å². The lowest BCUT2D eigenvalue weighted by Gasteiger charge is -2.41. The zero-order valence-electron chi connectivity index (χ0n) is 17.9. The fourth-order valence-corrected chi connectivity index (χ4v) is 5.44. The topological polar surface area (TPSA) is 99.0 Å². The molecule has 4 heterocycles. The van der Waals surface area contributed by atoms with E-state index in [0.717, 1.165) is 44.2 Å². The summed E-state index contributed by atoms with van der Waals surface area (Å²) < 4.78 is 0. The van der Waals surface area contributed by atoms with Crippen LogP contribution in [0.5, 0.6) is 0 Å². The number of benzene rings is 1. The first-order valence-corrected chi connectivity index (χ1v) is 11.4. The van der Waals surface area contributed by atoms with Crippen molar-refractivity contribution in [1.29, 1.82) is 0 Å². The zero-order chi connectivity index (χ0) is 21.5. The molecule has 1 aromatic rings. The van der Waals surface area contributed by atoms with Crippen LogP contribution in [0.3, 0.4) is 0 Å². The van der Waals surface area contributed by atoms with Gasteiger partial charge in [-0.05, 0) is 55.5 Å². The lowest BCUT2D eigenvalue weighted by molar-refractivity contribution is -0.136. The molecule has 0 saturated carbocycles. The number of imide groups is 1. The number of nitrogens with two attached hydrogens (primary N) is 1. The molecule has 1 atom stereocenters. The molecular weight excluding hydrogens is 394 g/mol. The molecule has 3 saturated heterocycles. The molecule has 8 heteroatoms. The van der Waals surface area contributed by atoms with Gasteiger partial charge in [0.15, 0.2) is 0 Å². The monoisotopic (exact) mass is 425 g/mol. The standard InChI is InChI=1S/C23H31N5O3/c24-18-13-27(14-18)10-15-5-7-26(8-6-15)11-16-1-2-19-17(9-16)12-28(23(19)31)20-3-4-21(29)25-22(20)30/h1-2,9,15,18,20H,3-8,10-14,24H2,(H,25,29,30). The molecular formula is C23H31N5O3. The Bertz CT molecular complexity index is 889. The van der Waals surface area contributed by atoms with Gasteiger partial charge in [-0.3, -0.25) is 29.5 Å². The predicted molar refractivity (Wildman–Crippen MR) is 115 cm³/mol. The van der Waals surface area contributed by atoms with Gasteiger partial charge in [0.1, 0.15) is 6.04 Å². The number of likely N-dealkylation sites (tertiary alicyclic amines) is 2. The van der Waals surface area contributed by atoms with Gasteiger partial charge in [-0.25, -0.2) is 0 Å². The van der Waals surface area contributed by atoms with E-state index in [1.165, 1.54) is 24.9 Å². The first kappa shape index (κ1) is 20.6. The van der Waals surface area contributed by atoms with E-state index < -0.39 is 6.04 Å². The number of carbonyl (C=O) groups excluding carboxylic acids is 3. The van der Waals surface area contributed by atoms with Gasteiger partial charge < -0.3 is 10.6 Å². The molecule has 0 bridgehead atoms. The molecule has 3 N–H and O–H groups in total. The molecule has 4 aliphatic rings. The number of nitrogens with zero attached hydrogens (tertiary/aromatic N) is 3. The van der Waals surface area contributed by atoms with Gasteiger partial charge in [0.2, 0.25) is 11.8 Å². The molecule has 0 aromatic heterocycles. The third-order valence-corrected chi connectivity index (χ3v) is 7.20. The summed E-state index contributed by atoms with van der Waals surface area (Å²) >= 11 is 0. The van der Waals surface area contributed by atoms with Gasteiger partial charge >= 0.3 is 0 Å². The van der Waals surface area contributed by atoms with E-state index in [4.69, 9.17) is 5.73 Å². The molecule has 31 heavy (non-hydrogen) atoms. The van der Waals surface area contributed by atoms with Crippen LogP contribution in [0, 0.1) is 5.92 Å². The highest BCUT2D eigenvalue weighted by Gasteiger charge is 2.39. The molecule has 8 nitrogen and oxygen atoms in total. The van der Waals surface area contributed by atoms with E-state index in [0.29, 0.717) is 24.6 Å². The number of carbonyl (C=O) groups is 3. The Morgan fingerprint density at radius 1 is 1.03 bits per heavy atom. The second kappa shape index (κ2) is 8.33. The maximum Gasteiger partial charge on any atom is 0.255 e. The average Bonchev–Trinajstić information content (AvgIpc) is 3.04. The van der Waals surface area contributed by atoms with E-state index in [9.17, 15) is 14.4 Å². The Balaban J connectivity index is 1.16. The van der Waals surface area contributed by atoms with Crippen LogP contribution >= 0.6 is 0 Å². The van der Waals surface area contributed by atoms with Crippen molar-refractivity contribution in [3.05, 3.63) is 34.9 Å². The smallest absolute Gasteiger partial charge is 0.255 e. The van der Waals surface area contributed by atoms with E-state index in [1.807, 2.05) is 12.1 Å². The van der Waals surface area contributed by atoms with Crippen LogP contribution < -0.4 is 11.1 Å². The maximum absolute atomic E-state index is 12.8. The second-order valence-corrected chi connectivity index (χ2v) is 9.59. The molecule has 5 rings (SSSR count). The highest BCUT2D eigenvalue weighted by atomic mass is 16.2. The number of hydrogen-bond acceptors (Lipinski definition) is 6. The molecule has 4 aliphatic heterocycles. The highest BCUT2D eigenvalue weighted by Crippen LogP contribution is 2.29. The Morgan fingerprint density at radius 3 is 2.52 bits per heavy atom. The summed E-state index contributed by atoms with van der Waals surface area (Å²) in [6.45, 7) is 6.80. The fraction of sp³-hybridized carbons (Fsp3) is 0.609. The van der Waals surface area contributed by atoms with Crippen LogP contribution in [0.1, 0.15) is 47.2 Å². The minimum atomic E-state index is -0.555. The molecule has 166 valence electrons. The number of nitrogens with one attached hydrogen (secondary N) is 1. The molecule has 0 aliphatic carbocycles. The lowest BCUT2D eigenvalue weighted by Crippen LogP contribution is -2.57. The normalized spacial score (nSPS) is 26.2. The molecule has 1 aromatic carbocycles. The Labute approximate surface area is 182 Å². The zero-order valence-corrected chi connectivity index (χ0v) is 17.9. The Kier molecular flexibility index (Phi) is 5.54. The van der Waals surface area contributed by atoms with Crippen molar-refractivity contribution in [1.82, 2.24) is 20.0 Å². The van der Waals surface area contributed by atoms with Gasteiger partial charge in [0.25, 0.3) is 5.91 Å². The molecule has 0 radical (unpaired) electrons. The molecule has 3 fully saturated rings. The third-order valence-electron chi connectivity index (χ3n) is 7.20. The van der Waals surface area contributed by atoms with Crippen LogP contribution in [0.2, 0.25) is 0 Å². The van der Waals surface area contributed by atoms with Crippen molar-refractivity contribution < 1.29 is 14.4 Å². The summed E-state index contributed by atoms with van der Waals surface area (Å²) in [5, 5.41) is 2.36. The number of rotatable bonds is 5. The van der Waals surface area contributed by atoms with Gasteiger partial charge in [-0.2, -0.15) is 0 Å². The Morgan fingerprint density at radius 2 is 1.81 bits per heavy atom. The Hall–Kier alpha value is -2.29. The van der Waals surface area contributed by atoms with Crippen LogP contribution in [0.15, 0.2) is 18.2 Å². The van der Waals surface area contributed by atoms with Crippen LogP contribution in [-0.4, -0.2) is 77.2 Å². The summed E-state index contributed by atoms with van der Waals surface area (Å²) in [6.07, 6.45) is 3.12. The highest BCUT2D eigenvalue weighted by molar-refractivity contribution is 6.05. The van der Waals surface area contributed by atoms with E-state index in [1.54, 1.807) is 4.90 Å². The van der Waals surface area contributed by atoms with Crippen molar-refractivity contribution in [3.8, 4) is 0 Å². The van der Waals surface area contributed by atoms with Crippen LogP contribution in [-0.2, 0) is 22.7 Å². The van der Waals surface area contributed by atoms with E-state index in [-0.39, 0.29) is 24.1 Å². The number of hydrogen-bond donors (Lipinski definition) is 2. The summed E-state index contributed by atoms with van der Waals surface area (Å²) in [7, 11) is 0. The minimum absolute atomic E-state index is 0.109. The fourth-order valence-electron chi connectivity index (χ4n) is 5.44. The van der Waals surface area contributed by atoms with Crippen molar-refractivity contribution in [2.24, 2.45) is 11.7 Å².